The summed E-state index contributed by atoms with van der Waals surface area (Å²) in [5.74, 6) is 0.635. The lowest BCUT2D eigenvalue weighted by Gasteiger charge is -2.28. The van der Waals surface area contributed by atoms with Gasteiger partial charge in [0.1, 0.15) is 0 Å². The van der Waals surface area contributed by atoms with E-state index in [0.29, 0.717) is 5.92 Å². The summed E-state index contributed by atoms with van der Waals surface area (Å²) in [6, 6.07) is 0.213. The van der Waals surface area contributed by atoms with Crippen LogP contribution in [0.15, 0.2) is 24.3 Å². The molecule has 0 radical (unpaired) electrons. The molecule has 1 saturated carbocycles. The van der Waals surface area contributed by atoms with Crippen molar-refractivity contribution >= 4 is 0 Å². The van der Waals surface area contributed by atoms with Gasteiger partial charge in [0, 0.05) is 6.04 Å². The van der Waals surface area contributed by atoms with Crippen molar-refractivity contribution in [3.8, 4) is 0 Å². The molecule has 0 aromatic carbocycles. The van der Waals surface area contributed by atoms with E-state index in [1.54, 1.807) is 0 Å². The molecular formula is C10H17N. The second-order valence-electron chi connectivity index (χ2n) is 3.58. The van der Waals surface area contributed by atoms with Crippen molar-refractivity contribution in [1.82, 2.24) is 0 Å². The van der Waals surface area contributed by atoms with Crippen molar-refractivity contribution in [3.05, 3.63) is 24.3 Å². The highest BCUT2D eigenvalue weighted by atomic mass is 14.6. The molecular weight excluding hydrogens is 134 g/mol. The average Bonchev–Trinajstić information content (AvgIpc) is 1.94. The molecule has 2 N–H and O–H groups in total. The van der Waals surface area contributed by atoms with Crippen LogP contribution in [0.1, 0.15) is 26.2 Å². The molecule has 1 fully saturated rings. The third-order valence-electron chi connectivity index (χ3n) is 2.57. The Morgan fingerprint density at radius 3 is 2.73 bits per heavy atom. The van der Waals surface area contributed by atoms with Crippen molar-refractivity contribution in [1.29, 1.82) is 0 Å². The maximum Gasteiger partial charge on any atom is 0.0256 e. The molecule has 0 aliphatic heterocycles. The molecule has 62 valence electrons. The maximum absolute atomic E-state index is 5.87. The summed E-state index contributed by atoms with van der Waals surface area (Å²) < 4.78 is 0. The molecule has 0 aromatic heterocycles. The quantitative estimate of drug-likeness (QED) is 0.571. The smallest absolute Gasteiger partial charge is 0.0256 e. The second-order valence-corrected chi connectivity index (χ2v) is 3.58. The standard InChI is InChI=1S/C10H17N/c1-7(2)9-5-4-8(3)10(11)6-9/h9-10H,1,3-6,11H2,2H3. The van der Waals surface area contributed by atoms with Crippen LogP contribution in [0.4, 0.5) is 0 Å². The van der Waals surface area contributed by atoms with Crippen LogP contribution in [0.25, 0.3) is 0 Å². The van der Waals surface area contributed by atoms with Gasteiger partial charge in [-0.25, -0.2) is 0 Å². The fourth-order valence-corrected chi connectivity index (χ4v) is 1.58. The van der Waals surface area contributed by atoms with Crippen molar-refractivity contribution in [3.63, 3.8) is 0 Å². The number of hydrogen-bond acceptors (Lipinski definition) is 1. The third kappa shape index (κ3) is 1.93. The first-order chi connectivity index (χ1) is 5.11. The van der Waals surface area contributed by atoms with E-state index in [2.05, 4.69) is 20.1 Å². The number of nitrogens with two attached hydrogens (primary N) is 1. The molecule has 1 aliphatic carbocycles. The predicted octanol–water partition coefficient (Wildman–Crippen LogP) is 2.25. The van der Waals surface area contributed by atoms with Crippen LogP contribution < -0.4 is 5.73 Å². The fourth-order valence-electron chi connectivity index (χ4n) is 1.58. The molecule has 0 bridgehead atoms. The SMILES string of the molecule is C=C1CCC(C(=C)C)CC1N. The summed E-state index contributed by atoms with van der Waals surface area (Å²) in [7, 11) is 0. The van der Waals surface area contributed by atoms with Gasteiger partial charge in [0.05, 0.1) is 0 Å². The molecule has 1 nitrogen and oxygen atoms in total. The topological polar surface area (TPSA) is 26.0 Å². The zero-order valence-corrected chi connectivity index (χ0v) is 7.27. The molecule has 0 amide bonds. The molecule has 1 rings (SSSR count). The minimum absolute atomic E-state index is 0.213. The first-order valence-corrected chi connectivity index (χ1v) is 4.20. The second kappa shape index (κ2) is 3.22. The Hall–Kier alpha value is -0.560. The van der Waals surface area contributed by atoms with Gasteiger partial charge in [0.25, 0.3) is 0 Å². The summed E-state index contributed by atoms with van der Waals surface area (Å²) in [5.41, 5.74) is 8.35. The van der Waals surface area contributed by atoms with E-state index in [-0.39, 0.29) is 6.04 Å². The Bertz CT molecular complexity index is 181. The summed E-state index contributed by atoms with van der Waals surface area (Å²) in [5, 5.41) is 0. The molecule has 11 heavy (non-hydrogen) atoms. The lowest BCUT2D eigenvalue weighted by molar-refractivity contribution is 0.429. The highest BCUT2D eigenvalue weighted by Crippen LogP contribution is 2.30. The Labute approximate surface area is 69.0 Å². The van der Waals surface area contributed by atoms with Crippen molar-refractivity contribution < 1.29 is 0 Å². The van der Waals surface area contributed by atoms with Gasteiger partial charge in [-0.2, -0.15) is 0 Å². The molecule has 0 spiro atoms. The molecule has 1 heteroatoms. The first-order valence-electron chi connectivity index (χ1n) is 4.20. The minimum Gasteiger partial charge on any atom is -0.324 e. The summed E-state index contributed by atoms with van der Waals surface area (Å²) in [4.78, 5) is 0. The lowest BCUT2D eigenvalue weighted by Crippen LogP contribution is -2.30. The zero-order chi connectivity index (χ0) is 8.43. The molecule has 2 atom stereocenters. The Morgan fingerprint density at radius 2 is 2.27 bits per heavy atom. The normalized spacial score (nSPS) is 32.0. The minimum atomic E-state index is 0.213. The van der Waals surface area contributed by atoms with E-state index < -0.39 is 0 Å². The van der Waals surface area contributed by atoms with Gasteiger partial charge in [-0.3, -0.25) is 0 Å². The highest BCUT2D eigenvalue weighted by molar-refractivity contribution is 5.12. The zero-order valence-electron chi connectivity index (χ0n) is 7.27. The van der Waals surface area contributed by atoms with Gasteiger partial charge in [-0.15, -0.1) is 0 Å². The highest BCUT2D eigenvalue weighted by Gasteiger charge is 2.21. The summed E-state index contributed by atoms with van der Waals surface area (Å²) in [6.45, 7) is 9.98. The van der Waals surface area contributed by atoms with E-state index in [1.807, 2.05) is 0 Å². The first kappa shape index (κ1) is 8.54. The van der Waals surface area contributed by atoms with Crippen LogP contribution in [0.5, 0.6) is 0 Å². The number of hydrogen-bond donors (Lipinski definition) is 1. The molecule has 1 aliphatic rings. The predicted molar refractivity (Wildman–Crippen MR) is 49.3 cm³/mol. The molecule has 0 saturated heterocycles. The van der Waals surface area contributed by atoms with E-state index in [1.165, 1.54) is 17.6 Å². The van der Waals surface area contributed by atoms with Gasteiger partial charge >= 0.3 is 0 Å². The van der Waals surface area contributed by atoms with Gasteiger partial charge in [-0.05, 0) is 32.1 Å². The van der Waals surface area contributed by atoms with Crippen molar-refractivity contribution in [2.75, 3.05) is 0 Å². The van der Waals surface area contributed by atoms with Crippen LogP contribution in [0.2, 0.25) is 0 Å². The summed E-state index contributed by atoms with van der Waals surface area (Å²) in [6.07, 6.45) is 3.33. The Balaban J connectivity index is 2.52. The van der Waals surface area contributed by atoms with E-state index >= 15 is 0 Å². The van der Waals surface area contributed by atoms with Crippen LogP contribution in [-0.2, 0) is 0 Å². The van der Waals surface area contributed by atoms with Crippen LogP contribution in [0.3, 0.4) is 0 Å². The van der Waals surface area contributed by atoms with Gasteiger partial charge < -0.3 is 5.73 Å². The Morgan fingerprint density at radius 1 is 1.64 bits per heavy atom. The van der Waals surface area contributed by atoms with Gasteiger partial charge in [0.15, 0.2) is 0 Å². The average molecular weight is 151 g/mol. The van der Waals surface area contributed by atoms with Crippen LogP contribution >= 0.6 is 0 Å². The van der Waals surface area contributed by atoms with Crippen LogP contribution in [-0.4, -0.2) is 6.04 Å². The van der Waals surface area contributed by atoms with Crippen molar-refractivity contribution in [2.45, 2.75) is 32.2 Å². The molecule has 0 aromatic rings. The molecule has 2 unspecified atom stereocenters. The molecule has 0 heterocycles. The van der Waals surface area contributed by atoms with Crippen molar-refractivity contribution in [2.24, 2.45) is 11.7 Å². The Kier molecular flexibility index (Phi) is 2.50. The fraction of sp³-hybridized carbons (Fsp3) is 0.600. The largest absolute Gasteiger partial charge is 0.324 e. The third-order valence-corrected chi connectivity index (χ3v) is 2.57. The van der Waals surface area contributed by atoms with Crippen LogP contribution in [0, 0.1) is 5.92 Å². The van der Waals surface area contributed by atoms with Gasteiger partial charge in [-0.1, -0.05) is 24.3 Å². The lowest BCUT2D eigenvalue weighted by atomic mass is 9.80. The summed E-state index contributed by atoms with van der Waals surface area (Å²) >= 11 is 0. The van der Waals surface area contributed by atoms with Gasteiger partial charge in [0.2, 0.25) is 0 Å². The maximum atomic E-state index is 5.87. The van der Waals surface area contributed by atoms with E-state index in [0.717, 1.165) is 12.8 Å². The van der Waals surface area contributed by atoms with E-state index in [9.17, 15) is 0 Å². The number of allylic oxidation sites excluding steroid dienone is 1. The number of rotatable bonds is 1. The van der Waals surface area contributed by atoms with E-state index in [4.69, 9.17) is 5.73 Å². The monoisotopic (exact) mass is 151 g/mol.